The van der Waals surface area contributed by atoms with Crippen molar-refractivity contribution < 1.29 is 14.3 Å². The highest BCUT2D eigenvalue weighted by Crippen LogP contribution is 2.19. The number of nitrogens with zero attached hydrogens (tertiary/aromatic N) is 3. The standard InChI is InChI=1S/C10H8N4O4/c1-6-9(13-18-12-6)11-10(15)7-4-2-3-5-8(7)14(16)17/h2-5H,1H3,(H,11,13,15). The van der Waals surface area contributed by atoms with Crippen LogP contribution >= 0.6 is 0 Å². The van der Waals surface area contributed by atoms with Gasteiger partial charge in [0.05, 0.1) is 4.92 Å². The molecule has 2 aromatic rings. The van der Waals surface area contributed by atoms with Crippen LogP contribution < -0.4 is 5.32 Å². The molecule has 1 amide bonds. The highest BCUT2D eigenvalue weighted by molar-refractivity contribution is 6.06. The van der Waals surface area contributed by atoms with Crippen molar-refractivity contribution in [1.29, 1.82) is 0 Å². The number of aromatic nitrogens is 2. The molecule has 0 atom stereocenters. The zero-order valence-electron chi connectivity index (χ0n) is 9.28. The first-order chi connectivity index (χ1) is 8.59. The van der Waals surface area contributed by atoms with E-state index >= 15 is 0 Å². The number of nitro benzene ring substituents is 1. The maximum Gasteiger partial charge on any atom is 0.282 e. The van der Waals surface area contributed by atoms with Crippen LogP contribution in [-0.4, -0.2) is 21.1 Å². The first-order valence-electron chi connectivity index (χ1n) is 4.93. The number of carbonyl (C=O) groups is 1. The van der Waals surface area contributed by atoms with E-state index in [-0.39, 0.29) is 17.1 Å². The summed E-state index contributed by atoms with van der Waals surface area (Å²) in [5.74, 6) is -0.501. The molecule has 0 bridgehead atoms. The molecule has 8 heteroatoms. The van der Waals surface area contributed by atoms with E-state index < -0.39 is 10.8 Å². The molecule has 0 aliphatic carbocycles. The molecule has 92 valence electrons. The first-order valence-corrected chi connectivity index (χ1v) is 4.93. The molecule has 0 unspecified atom stereocenters. The lowest BCUT2D eigenvalue weighted by molar-refractivity contribution is -0.385. The molecule has 0 saturated carbocycles. The Kier molecular flexibility index (Phi) is 3.00. The molecule has 0 aliphatic rings. The van der Waals surface area contributed by atoms with Gasteiger partial charge in [-0.05, 0) is 18.1 Å². The number of anilines is 1. The Morgan fingerprint density at radius 1 is 1.39 bits per heavy atom. The van der Waals surface area contributed by atoms with Gasteiger partial charge >= 0.3 is 0 Å². The number of benzene rings is 1. The van der Waals surface area contributed by atoms with E-state index in [0.717, 1.165) is 0 Å². The number of hydrogen-bond acceptors (Lipinski definition) is 6. The van der Waals surface area contributed by atoms with Gasteiger partial charge in [0.15, 0.2) is 0 Å². The van der Waals surface area contributed by atoms with E-state index in [1.54, 1.807) is 6.92 Å². The first kappa shape index (κ1) is 11.7. The van der Waals surface area contributed by atoms with Gasteiger partial charge in [0.25, 0.3) is 11.6 Å². The van der Waals surface area contributed by atoms with Crippen LogP contribution in [0.1, 0.15) is 16.1 Å². The molecule has 0 radical (unpaired) electrons. The maximum atomic E-state index is 11.9. The maximum absolute atomic E-state index is 11.9. The van der Waals surface area contributed by atoms with E-state index in [1.807, 2.05) is 0 Å². The van der Waals surface area contributed by atoms with Crippen LogP contribution in [0.25, 0.3) is 0 Å². The minimum absolute atomic E-state index is 0.0510. The number of carbonyl (C=O) groups excluding carboxylic acids is 1. The second kappa shape index (κ2) is 4.62. The number of amides is 1. The van der Waals surface area contributed by atoms with E-state index in [0.29, 0.717) is 5.69 Å². The topological polar surface area (TPSA) is 111 Å². The van der Waals surface area contributed by atoms with Crippen LogP contribution in [0.15, 0.2) is 28.9 Å². The predicted molar refractivity (Wildman–Crippen MR) is 60.1 cm³/mol. The number of hydrogen-bond donors (Lipinski definition) is 1. The third kappa shape index (κ3) is 2.17. The molecule has 0 spiro atoms. The second-order valence-corrected chi connectivity index (χ2v) is 3.43. The SMILES string of the molecule is Cc1nonc1NC(=O)c1ccccc1[N+](=O)[O-]. The van der Waals surface area contributed by atoms with Crippen molar-refractivity contribution in [2.75, 3.05) is 5.32 Å². The fourth-order valence-electron chi connectivity index (χ4n) is 1.34. The molecule has 0 fully saturated rings. The largest absolute Gasteiger partial charge is 0.302 e. The molecule has 18 heavy (non-hydrogen) atoms. The zero-order valence-corrected chi connectivity index (χ0v) is 9.28. The summed E-state index contributed by atoms with van der Waals surface area (Å²) in [7, 11) is 0. The van der Waals surface area contributed by atoms with Crippen LogP contribution in [0.2, 0.25) is 0 Å². The Morgan fingerprint density at radius 3 is 2.72 bits per heavy atom. The molecular formula is C10H8N4O4. The second-order valence-electron chi connectivity index (χ2n) is 3.43. The minimum Gasteiger partial charge on any atom is -0.302 e. The summed E-state index contributed by atoms with van der Waals surface area (Å²) in [6.45, 7) is 1.59. The molecule has 1 heterocycles. The van der Waals surface area contributed by atoms with Gasteiger partial charge in [0.2, 0.25) is 5.82 Å². The number of rotatable bonds is 3. The van der Waals surface area contributed by atoms with Crippen LogP contribution in [0.4, 0.5) is 11.5 Å². The normalized spacial score (nSPS) is 10.1. The van der Waals surface area contributed by atoms with Crippen molar-refractivity contribution in [2.24, 2.45) is 0 Å². The third-order valence-corrected chi connectivity index (χ3v) is 2.23. The molecule has 2 rings (SSSR count). The number of nitrogens with one attached hydrogen (secondary N) is 1. The lowest BCUT2D eigenvalue weighted by Gasteiger charge is -2.02. The molecule has 8 nitrogen and oxygen atoms in total. The van der Waals surface area contributed by atoms with Gasteiger partial charge in [-0.1, -0.05) is 17.3 Å². The van der Waals surface area contributed by atoms with Crippen molar-refractivity contribution in [1.82, 2.24) is 10.3 Å². The van der Waals surface area contributed by atoms with E-state index in [2.05, 4.69) is 20.3 Å². The van der Waals surface area contributed by atoms with Crippen LogP contribution in [-0.2, 0) is 0 Å². The highest BCUT2D eigenvalue weighted by Gasteiger charge is 2.20. The summed E-state index contributed by atoms with van der Waals surface area (Å²) in [5, 5.41) is 20.1. The Morgan fingerprint density at radius 2 is 2.11 bits per heavy atom. The van der Waals surface area contributed by atoms with Crippen molar-refractivity contribution in [3.8, 4) is 0 Å². The van der Waals surface area contributed by atoms with E-state index in [9.17, 15) is 14.9 Å². The van der Waals surface area contributed by atoms with Gasteiger partial charge in [-0.3, -0.25) is 14.9 Å². The predicted octanol–water partition coefficient (Wildman–Crippen LogP) is 1.54. The van der Waals surface area contributed by atoms with Crippen molar-refractivity contribution >= 4 is 17.4 Å². The highest BCUT2D eigenvalue weighted by atomic mass is 16.6. The van der Waals surface area contributed by atoms with Crippen molar-refractivity contribution in [3.63, 3.8) is 0 Å². The Balaban J connectivity index is 2.30. The van der Waals surface area contributed by atoms with Crippen molar-refractivity contribution in [3.05, 3.63) is 45.6 Å². The Hall–Kier alpha value is -2.77. The fourth-order valence-corrected chi connectivity index (χ4v) is 1.34. The third-order valence-electron chi connectivity index (χ3n) is 2.23. The average Bonchev–Trinajstić information content (AvgIpc) is 2.75. The molecule has 1 aromatic heterocycles. The van der Waals surface area contributed by atoms with Gasteiger partial charge in [0, 0.05) is 6.07 Å². The van der Waals surface area contributed by atoms with Crippen molar-refractivity contribution in [2.45, 2.75) is 6.92 Å². The van der Waals surface area contributed by atoms with Gasteiger partial charge in [-0.25, -0.2) is 4.63 Å². The molecule has 1 N–H and O–H groups in total. The smallest absolute Gasteiger partial charge is 0.282 e. The summed E-state index contributed by atoms with van der Waals surface area (Å²) in [5.41, 5.74) is 0.0657. The summed E-state index contributed by atoms with van der Waals surface area (Å²) in [6, 6.07) is 5.63. The number of para-hydroxylation sites is 1. The van der Waals surface area contributed by atoms with E-state index in [4.69, 9.17) is 0 Å². The zero-order chi connectivity index (χ0) is 13.1. The Bertz CT molecular complexity index is 607. The summed E-state index contributed by atoms with van der Waals surface area (Å²) < 4.78 is 4.41. The number of nitro groups is 1. The van der Waals surface area contributed by atoms with Crippen LogP contribution in [0, 0.1) is 17.0 Å². The van der Waals surface area contributed by atoms with Crippen LogP contribution in [0.3, 0.4) is 0 Å². The molecule has 1 aromatic carbocycles. The summed E-state index contributed by atoms with van der Waals surface area (Å²) >= 11 is 0. The molecule has 0 aliphatic heterocycles. The van der Waals surface area contributed by atoms with Gasteiger partial charge in [0.1, 0.15) is 11.3 Å². The molecule has 0 saturated heterocycles. The van der Waals surface area contributed by atoms with Gasteiger partial charge in [-0.15, -0.1) is 0 Å². The summed E-state index contributed by atoms with van der Waals surface area (Å²) in [4.78, 5) is 22.0. The van der Waals surface area contributed by atoms with E-state index in [1.165, 1.54) is 24.3 Å². The quantitative estimate of drug-likeness (QED) is 0.651. The van der Waals surface area contributed by atoms with Gasteiger partial charge in [-0.2, -0.15) is 0 Å². The van der Waals surface area contributed by atoms with Gasteiger partial charge < -0.3 is 5.32 Å². The minimum atomic E-state index is -0.638. The lowest BCUT2D eigenvalue weighted by atomic mass is 10.1. The lowest BCUT2D eigenvalue weighted by Crippen LogP contribution is -2.14. The fraction of sp³-hybridized carbons (Fsp3) is 0.100. The number of aryl methyl sites for hydroxylation is 1. The monoisotopic (exact) mass is 248 g/mol. The average molecular weight is 248 g/mol. The van der Waals surface area contributed by atoms with Crippen LogP contribution in [0.5, 0.6) is 0 Å². The Labute approximate surface area is 101 Å². The summed E-state index contributed by atoms with van der Waals surface area (Å²) in [6.07, 6.45) is 0. The molecular weight excluding hydrogens is 240 g/mol.